The lowest BCUT2D eigenvalue weighted by atomic mass is 9.95. The Hall–Kier alpha value is -2.55. The van der Waals surface area contributed by atoms with Crippen molar-refractivity contribution >= 4 is 23.8 Å². The lowest BCUT2D eigenvalue weighted by molar-refractivity contribution is 0.0712. The van der Waals surface area contributed by atoms with Crippen LogP contribution in [0.4, 0.5) is 0 Å². The number of amides is 1. The summed E-state index contributed by atoms with van der Waals surface area (Å²) in [7, 11) is 0. The van der Waals surface area contributed by atoms with Gasteiger partial charge in [-0.15, -0.1) is 0 Å². The van der Waals surface area contributed by atoms with Crippen molar-refractivity contribution in [3.8, 4) is 0 Å². The predicted molar refractivity (Wildman–Crippen MR) is 106 cm³/mol. The van der Waals surface area contributed by atoms with E-state index >= 15 is 0 Å². The van der Waals surface area contributed by atoms with E-state index < -0.39 is 0 Å². The number of piperidine rings is 1. The van der Waals surface area contributed by atoms with Gasteiger partial charge in [0.25, 0.3) is 5.91 Å². The van der Waals surface area contributed by atoms with Crippen molar-refractivity contribution in [2.24, 2.45) is 0 Å². The van der Waals surface area contributed by atoms with E-state index in [0.29, 0.717) is 36.3 Å². The molecule has 0 spiro atoms. The Balaban J connectivity index is 1.35. The first kappa shape index (κ1) is 17.5. The Morgan fingerprint density at radius 1 is 1.21 bits per heavy atom. The molecule has 3 aromatic rings. The Kier molecular flexibility index (Phi) is 4.08. The van der Waals surface area contributed by atoms with Crippen LogP contribution >= 0.6 is 12.2 Å². The molecule has 1 saturated heterocycles. The van der Waals surface area contributed by atoms with Crippen LogP contribution in [0.1, 0.15) is 65.2 Å². The topological polar surface area (TPSA) is 84.1 Å². The largest absolute Gasteiger partial charge is 0.338 e. The predicted octanol–water partition coefficient (Wildman–Crippen LogP) is 2.95. The number of fused-ring (bicyclic) bond motifs is 1. The van der Waals surface area contributed by atoms with E-state index in [1.165, 1.54) is 12.8 Å². The average Bonchev–Trinajstić information content (AvgIpc) is 3.31. The second-order valence-corrected chi connectivity index (χ2v) is 8.27. The number of nitrogens with one attached hydrogen (secondary N) is 1. The summed E-state index contributed by atoms with van der Waals surface area (Å²) < 4.78 is 4.65. The first-order chi connectivity index (χ1) is 13.5. The van der Waals surface area contributed by atoms with Crippen molar-refractivity contribution in [1.82, 2.24) is 34.3 Å². The van der Waals surface area contributed by atoms with Crippen LogP contribution in [-0.2, 0) is 0 Å². The minimum Gasteiger partial charge on any atom is -0.338 e. The van der Waals surface area contributed by atoms with Gasteiger partial charge in [0.05, 0.1) is 6.20 Å². The summed E-state index contributed by atoms with van der Waals surface area (Å²) in [6.45, 7) is 5.32. The van der Waals surface area contributed by atoms with Crippen molar-refractivity contribution < 1.29 is 4.79 Å². The van der Waals surface area contributed by atoms with Gasteiger partial charge in [-0.25, -0.2) is 9.50 Å². The first-order valence-electron chi connectivity index (χ1n) is 9.81. The molecule has 5 rings (SSSR count). The zero-order chi connectivity index (χ0) is 19.4. The molecular weight excluding hydrogens is 374 g/mol. The third kappa shape index (κ3) is 2.85. The summed E-state index contributed by atoms with van der Waals surface area (Å²) in [4.78, 5) is 19.6. The zero-order valence-corrected chi connectivity index (χ0v) is 16.9. The minimum atomic E-state index is 0.00649. The van der Waals surface area contributed by atoms with Crippen LogP contribution < -0.4 is 0 Å². The molecule has 0 radical (unpaired) electrons. The summed E-state index contributed by atoms with van der Waals surface area (Å²) >= 11 is 5.41. The van der Waals surface area contributed by atoms with Gasteiger partial charge in [-0.2, -0.15) is 10.2 Å². The highest BCUT2D eigenvalue weighted by Crippen LogP contribution is 2.39. The summed E-state index contributed by atoms with van der Waals surface area (Å²) in [6, 6.07) is 2.48. The zero-order valence-electron chi connectivity index (χ0n) is 16.1. The highest BCUT2D eigenvalue weighted by Gasteiger charge is 2.33. The van der Waals surface area contributed by atoms with Crippen molar-refractivity contribution in [3.05, 3.63) is 39.8 Å². The van der Waals surface area contributed by atoms with E-state index in [4.69, 9.17) is 12.2 Å². The van der Waals surface area contributed by atoms with E-state index in [2.05, 4.69) is 24.8 Å². The molecule has 8 nitrogen and oxygen atoms in total. The second-order valence-electron chi connectivity index (χ2n) is 7.89. The summed E-state index contributed by atoms with van der Waals surface area (Å²) in [5.41, 5.74) is 3.08. The number of aromatic nitrogens is 6. The van der Waals surface area contributed by atoms with Crippen molar-refractivity contribution in [2.45, 2.75) is 51.5 Å². The van der Waals surface area contributed by atoms with Crippen LogP contribution in [0.25, 0.3) is 5.65 Å². The molecule has 1 aliphatic carbocycles. The normalized spacial score (nSPS) is 18.1. The molecule has 1 amide bonds. The number of carbonyl (C=O) groups excluding carboxylic acids is 1. The highest BCUT2D eigenvalue weighted by atomic mass is 32.1. The SMILES string of the molecule is Cc1cc(C)n2ncc(C(=O)N3CCC(c4n[nH]c(=S)n4C4CC4)CC3)c2n1. The summed E-state index contributed by atoms with van der Waals surface area (Å²) in [5, 5.41) is 11.8. The quantitative estimate of drug-likeness (QED) is 0.687. The number of nitrogens with zero attached hydrogens (tertiary/aromatic N) is 6. The van der Waals surface area contributed by atoms with Crippen LogP contribution in [0.3, 0.4) is 0 Å². The molecule has 2 fully saturated rings. The summed E-state index contributed by atoms with van der Waals surface area (Å²) in [5.74, 6) is 1.40. The fourth-order valence-electron chi connectivity index (χ4n) is 4.22. The highest BCUT2D eigenvalue weighted by molar-refractivity contribution is 7.71. The molecule has 1 N–H and O–H groups in total. The van der Waals surface area contributed by atoms with Crippen molar-refractivity contribution in [3.63, 3.8) is 0 Å². The van der Waals surface area contributed by atoms with Gasteiger partial charge in [0.15, 0.2) is 10.4 Å². The number of likely N-dealkylation sites (tertiary alicyclic amines) is 1. The van der Waals surface area contributed by atoms with Crippen molar-refractivity contribution in [2.75, 3.05) is 13.1 Å². The molecular formula is C19H23N7OS. The molecule has 3 aromatic heterocycles. The van der Waals surface area contributed by atoms with Gasteiger partial charge in [-0.1, -0.05) is 0 Å². The molecule has 0 bridgehead atoms. The number of aryl methyl sites for hydroxylation is 2. The number of hydrogen-bond acceptors (Lipinski definition) is 5. The maximum atomic E-state index is 13.1. The molecule has 28 heavy (non-hydrogen) atoms. The molecule has 1 saturated carbocycles. The molecule has 0 unspecified atom stereocenters. The maximum Gasteiger partial charge on any atom is 0.259 e. The average molecular weight is 398 g/mol. The molecule has 2 aliphatic rings. The molecule has 146 valence electrons. The van der Waals surface area contributed by atoms with Crippen LogP contribution in [0.5, 0.6) is 0 Å². The third-order valence-electron chi connectivity index (χ3n) is 5.80. The Labute approximate surface area is 167 Å². The maximum absolute atomic E-state index is 13.1. The third-order valence-corrected chi connectivity index (χ3v) is 6.09. The van der Waals surface area contributed by atoms with Crippen LogP contribution in [-0.4, -0.2) is 53.3 Å². The monoisotopic (exact) mass is 397 g/mol. The van der Waals surface area contributed by atoms with E-state index in [9.17, 15) is 4.79 Å². The van der Waals surface area contributed by atoms with Crippen LogP contribution in [0.2, 0.25) is 0 Å². The van der Waals surface area contributed by atoms with Gasteiger partial charge in [-0.3, -0.25) is 9.89 Å². The molecule has 9 heteroatoms. The summed E-state index contributed by atoms with van der Waals surface area (Å²) in [6.07, 6.45) is 5.78. The molecule has 0 atom stereocenters. The minimum absolute atomic E-state index is 0.00649. The lowest BCUT2D eigenvalue weighted by Gasteiger charge is -2.31. The number of rotatable bonds is 3. The Morgan fingerprint density at radius 2 is 1.96 bits per heavy atom. The van der Waals surface area contributed by atoms with E-state index in [1.54, 1.807) is 10.7 Å². The van der Waals surface area contributed by atoms with E-state index in [1.807, 2.05) is 24.8 Å². The van der Waals surface area contributed by atoms with Crippen LogP contribution in [0, 0.1) is 18.6 Å². The smallest absolute Gasteiger partial charge is 0.259 e. The van der Waals surface area contributed by atoms with Crippen molar-refractivity contribution in [1.29, 1.82) is 0 Å². The Bertz CT molecular complexity index is 1120. The first-order valence-corrected chi connectivity index (χ1v) is 10.2. The standard InChI is InChI=1S/C19H23N7OS/c1-11-9-12(2)26-17(21-11)15(10-20-26)18(27)24-7-5-13(6-8-24)16-22-23-19(28)25(16)14-3-4-14/h9-10,13-14H,3-8H2,1-2H3,(H,23,28). The van der Waals surface area contributed by atoms with Gasteiger partial charge in [0.2, 0.25) is 0 Å². The van der Waals surface area contributed by atoms with Gasteiger partial charge in [-0.05, 0) is 57.8 Å². The van der Waals surface area contributed by atoms with Gasteiger partial charge >= 0.3 is 0 Å². The fraction of sp³-hybridized carbons (Fsp3) is 0.526. The lowest BCUT2D eigenvalue weighted by Crippen LogP contribution is -2.38. The number of H-pyrrole nitrogens is 1. The van der Waals surface area contributed by atoms with Crippen LogP contribution in [0.15, 0.2) is 12.3 Å². The van der Waals surface area contributed by atoms with Gasteiger partial charge in [0, 0.05) is 36.4 Å². The second kappa shape index (κ2) is 6.51. The van der Waals surface area contributed by atoms with Gasteiger partial charge in [0.1, 0.15) is 11.4 Å². The van der Waals surface area contributed by atoms with E-state index in [-0.39, 0.29) is 5.91 Å². The molecule has 1 aliphatic heterocycles. The fourth-order valence-corrected chi connectivity index (χ4v) is 4.51. The number of carbonyl (C=O) groups is 1. The molecule has 0 aromatic carbocycles. The number of aromatic amines is 1. The van der Waals surface area contributed by atoms with E-state index in [0.717, 1.165) is 34.8 Å². The van der Waals surface area contributed by atoms with Gasteiger partial charge < -0.3 is 9.47 Å². The molecule has 4 heterocycles. The number of hydrogen-bond donors (Lipinski definition) is 1. The Morgan fingerprint density at radius 3 is 2.68 bits per heavy atom.